The van der Waals surface area contributed by atoms with Crippen LogP contribution in [0.4, 0.5) is 11.4 Å². The zero-order valence-corrected chi connectivity index (χ0v) is 14.9. The first kappa shape index (κ1) is 17.7. The molecule has 136 valence electrons. The number of carbonyl (C=O) groups excluding carboxylic acids is 1. The van der Waals surface area contributed by atoms with Gasteiger partial charge in [0.05, 0.1) is 4.92 Å². The molecule has 0 radical (unpaired) electrons. The van der Waals surface area contributed by atoms with Crippen molar-refractivity contribution in [3.63, 3.8) is 0 Å². The molecule has 1 aromatic carbocycles. The third-order valence-corrected chi connectivity index (χ3v) is 5.14. The molecule has 2 fully saturated rings. The van der Waals surface area contributed by atoms with Gasteiger partial charge in [0, 0.05) is 43.9 Å². The fourth-order valence-corrected chi connectivity index (χ4v) is 4.08. The average Bonchev–Trinajstić information content (AvgIpc) is 2.99. The monoisotopic (exact) mass is 346 g/mol. The first-order chi connectivity index (χ1) is 11.8. The Morgan fingerprint density at radius 2 is 1.92 bits per heavy atom. The Balaban J connectivity index is 1.88. The lowest BCUT2D eigenvalue weighted by Crippen LogP contribution is -2.39. The van der Waals surface area contributed by atoms with Gasteiger partial charge in [-0.2, -0.15) is 0 Å². The van der Waals surface area contributed by atoms with Crippen molar-refractivity contribution in [1.29, 1.82) is 0 Å². The Kier molecular flexibility index (Phi) is 4.94. The topological polar surface area (TPSA) is 92.7 Å². The van der Waals surface area contributed by atoms with Crippen LogP contribution < -0.4 is 10.6 Å². The number of nitrogens with zero attached hydrogens (tertiary/aromatic N) is 3. The van der Waals surface area contributed by atoms with Crippen LogP contribution in [0.15, 0.2) is 18.2 Å². The summed E-state index contributed by atoms with van der Waals surface area (Å²) in [6, 6.07) is 4.85. The number of nitrogens with two attached hydrogens (primary N) is 1. The van der Waals surface area contributed by atoms with Crippen molar-refractivity contribution < 1.29 is 9.72 Å². The number of piperidine rings is 1. The van der Waals surface area contributed by atoms with Gasteiger partial charge in [0.25, 0.3) is 11.6 Å². The van der Waals surface area contributed by atoms with E-state index >= 15 is 0 Å². The molecule has 2 unspecified atom stereocenters. The first-order valence-electron chi connectivity index (χ1n) is 8.93. The van der Waals surface area contributed by atoms with Crippen molar-refractivity contribution >= 4 is 17.3 Å². The smallest absolute Gasteiger partial charge is 0.293 e. The molecule has 0 aromatic heterocycles. The summed E-state index contributed by atoms with van der Waals surface area (Å²) < 4.78 is 0. The molecule has 0 saturated carbocycles. The Bertz CT molecular complexity index is 668. The number of rotatable bonds is 3. The predicted octanol–water partition coefficient (Wildman–Crippen LogP) is 2.25. The van der Waals surface area contributed by atoms with Crippen molar-refractivity contribution in [2.75, 3.05) is 31.1 Å². The summed E-state index contributed by atoms with van der Waals surface area (Å²) in [5.41, 5.74) is 6.84. The maximum atomic E-state index is 12.6. The first-order valence-corrected chi connectivity index (χ1v) is 8.93. The van der Waals surface area contributed by atoms with Crippen molar-refractivity contribution in [1.82, 2.24) is 4.90 Å². The predicted molar refractivity (Wildman–Crippen MR) is 96.8 cm³/mol. The number of likely N-dealkylation sites (tertiary alicyclic amines) is 1. The van der Waals surface area contributed by atoms with Gasteiger partial charge in [0.15, 0.2) is 0 Å². The molecule has 3 rings (SSSR count). The van der Waals surface area contributed by atoms with Gasteiger partial charge in [-0.25, -0.2) is 0 Å². The highest BCUT2D eigenvalue weighted by atomic mass is 16.6. The largest absolute Gasteiger partial charge is 0.365 e. The Labute approximate surface area is 147 Å². The van der Waals surface area contributed by atoms with Gasteiger partial charge < -0.3 is 15.5 Å². The van der Waals surface area contributed by atoms with Gasteiger partial charge in [-0.1, -0.05) is 13.8 Å². The molecule has 0 spiro atoms. The van der Waals surface area contributed by atoms with Crippen LogP contribution in [0.25, 0.3) is 0 Å². The molecule has 2 aliphatic heterocycles. The minimum atomic E-state index is -0.383. The molecule has 1 aromatic rings. The second kappa shape index (κ2) is 7.00. The molecule has 25 heavy (non-hydrogen) atoms. The van der Waals surface area contributed by atoms with Crippen molar-refractivity contribution in [3.05, 3.63) is 33.9 Å². The molecule has 7 nitrogen and oxygen atoms in total. The fourth-order valence-electron chi connectivity index (χ4n) is 4.08. The summed E-state index contributed by atoms with van der Waals surface area (Å²) in [6.45, 7) is 7.07. The van der Waals surface area contributed by atoms with Gasteiger partial charge in [-0.3, -0.25) is 14.9 Å². The number of hydrogen-bond acceptors (Lipinski definition) is 5. The average molecular weight is 346 g/mol. The molecular formula is C18H26N4O3. The number of anilines is 1. The highest BCUT2D eigenvalue weighted by Crippen LogP contribution is 2.34. The molecule has 2 heterocycles. The van der Waals surface area contributed by atoms with Gasteiger partial charge in [-0.05, 0) is 36.8 Å². The van der Waals surface area contributed by atoms with E-state index in [1.807, 2.05) is 0 Å². The lowest BCUT2D eigenvalue weighted by molar-refractivity contribution is -0.384. The summed E-state index contributed by atoms with van der Waals surface area (Å²) in [5, 5.41) is 11.6. The van der Waals surface area contributed by atoms with Crippen LogP contribution in [0.2, 0.25) is 0 Å². The quantitative estimate of drug-likeness (QED) is 0.669. The summed E-state index contributed by atoms with van der Waals surface area (Å²) in [5.74, 6) is 0.814. The minimum absolute atomic E-state index is 0.00506. The van der Waals surface area contributed by atoms with Crippen LogP contribution in [0, 0.1) is 22.0 Å². The van der Waals surface area contributed by atoms with E-state index in [4.69, 9.17) is 5.73 Å². The number of hydrogen-bond donors (Lipinski definition) is 1. The van der Waals surface area contributed by atoms with E-state index in [0.29, 0.717) is 36.2 Å². The number of amides is 1. The lowest BCUT2D eigenvalue weighted by Gasteiger charge is -2.36. The normalized spacial score (nSPS) is 26.8. The maximum Gasteiger partial charge on any atom is 0.293 e. The summed E-state index contributed by atoms with van der Waals surface area (Å²) in [6.07, 6.45) is 1.91. The third-order valence-electron chi connectivity index (χ3n) is 5.14. The van der Waals surface area contributed by atoms with E-state index in [-0.39, 0.29) is 22.6 Å². The van der Waals surface area contributed by atoms with Gasteiger partial charge in [0.2, 0.25) is 0 Å². The van der Waals surface area contributed by atoms with E-state index in [0.717, 1.165) is 25.9 Å². The number of nitro benzene ring substituents is 1. The molecular weight excluding hydrogens is 320 g/mol. The highest BCUT2D eigenvalue weighted by Gasteiger charge is 2.30. The van der Waals surface area contributed by atoms with Crippen LogP contribution >= 0.6 is 0 Å². The van der Waals surface area contributed by atoms with Crippen LogP contribution in [-0.4, -0.2) is 48.0 Å². The van der Waals surface area contributed by atoms with Crippen LogP contribution in [0.1, 0.15) is 37.0 Å². The second-order valence-electron chi connectivity index (χ2n) is 7.61. The third kappa shape index (κ3) is 3.76. The minimum Gasteiger partial charge on any atom is -0.365 e. The standard InChI is InChI=1S/C18H26N4O3/c1-12-7-13(2)10-21(9-12)16-4-3-14(8-17(16)22(24)25)18(23)20-6-5-15(19)11-20/h3-4,8,12-13,15H,5-7,9-11,19H2,1-2H3/t12?,13?,15-/m1/s1. The van der Waals surface area contributed by atoms with Gasteiger partial charge in [0.1, 0.15) is 5.69 Å². The van der Waals surface area contributed by atoms with E-state index in [2.05, 4.69) is 18.7 Å². The molecule has 2 saturated heterocycles. The van der Waals surface area contributed by atoms with Crippen molar-refractivity contribution in [3.8, 4) is 0 Å². The number of benzene rings is 1. The van der Waals surface area contributed by atoms with E-state index in [1.165, 1.54) is 6.07 Å². The van der Waals surface area contributed by atoms with Crippen LogP contribution in [0.5, 0.6) is 0 Å². The lowest BCUT2D eigenvalue weighted by atomic mass is 9.91. The zero-order valence-electron chi connectivity index (χ0n) is 14.9. The molecule has 1 amide bonds. The Morgan fingerprint density at radius 1 is 1.24 bits per heavy atom. The number of carbonyl (C=O) groups is 1. The van der Waals surface area contributed by atoms with Crippen LogP contribution in [-0.2, 0) is 0 Å². The summed E-state index contributed by atoms with van der Waals surface area (Å²) >= 11 is 0. The van der Waals surface area contributed by atoms with Crippen molar-refractivity contribution in [2.24, 2.45) is 17.6 Å². The highest BCUT2D eigenvalue weighted by molar-refractivity contribution is 5.96. The zero-order chi connectivity index (χ0) is 18.1. The van der Waals surface area contributed by atoms with E-state index < -0.39 is 0 Å². The van der Waals surface area contributed by atoms with E-state index in [1.54, 1.807) is 17.0 Å². The second-order valence-corrected chi connectivity index (χ2v) is 7.61. The Hall–Kier alpha value is -2.15. The van der Waals surface area contributed by atoms with E-state index in [9.17, 15) is 14.9 Å². The van der Waals surface area contributed by atoms with Crippen molar-refractivity contribution in [2.45, 2.75) is 32.7 Å². The molecule has 2 N–H and O–H groups in total. The molecule has 3 atom stereocenters. The van der Waals surface area contributed by atoms with Gasteiger partial charge >= 0.3 is 0 Å². The SMILES string of the molecule is CC1CC(C)CN(c2ccc(C(=O)N3CC[C@@H](N)C3)cc2[N+](=O)[O-])C1. The summed E-state index contributed by atoms with van der Waals surface area (Å²) in [7, 11) is 0. The Morgan fingerprint density at radius 3 is 2.48 bits per heavy atom. The van der Waals surface area contributed by atoms with Crippen LogP contribution in [0.3, 0.4) is 0 Å². The molecule has 0 aliphatic carbocycles. The number of nitro groups is 1. The fraction of sp³-hybridized carbons (Fsp3) is 0.611. The summed E-state index contributed by atoms with van der Waals surface area (Å²) in [4.78, 5) is 27.6. The van der Waals surface area contributed by atoms with Gasteiger partial charge in [-0.15, -0.1) is 0 Å². The molecule has 2 aliphatic rings. The maximum absolute atomic E-state index is 12.6. The molecule has 0 bridgehead atoms. The molecule has 7 heteroatoms.